The summed E-state index contributed by atoms with van der Waals surface area (Å²) in [5.41, 5.74) is 1.82. The highest BCUT2D eigenvalue weighted by Gasteiger charge is 2.07. The van der Waals surface area contributed by atoms with Gasteiger partial charge in [0.15, 0.2) is 11.7 Å². The highest BCUT2D eigenvalue weighted by molar-refractivity contribution is 14.0. The lowest BCUT2D eigenvalue weighted by molar-refractivity contribution is 0.322. The van der Waals surface area contributed by atoms with Crippen molar-refractivity contribution in [1.82, 2.24) is 15.8 Å². The van der Waals surface area contributed by atoms with Gasteiger partial charge in [-0.15, -0.1) is 24.0 Å². The molecule has 3 rings (SSSR count). The van der Waals surface area contributed by atoms with Crippen molar-refractivity contribution in [3.05, 3.63) is 72.4 Å². The Morgan fingerprint density at radius 1 is 1.04 bits per heavy atom. The molecule has 0 atom stereocenters. The molecule has 0 spiro atoms. The first-order valence-electron chi connectivity index (χ1n) is 8.48. The highest BCUT2D eigenvalue weighted by Crippen LogP contribution is 2.19. The summed E-state index contributed by atoms with van der Waals surface area (Å²) in [7, 11) is 1.73. The number of halogens is 1. The van der Waals surface area contributed by atoms with Gasteiger partial charge in [-0.1, -0.05) is 53.7 Å². The lowest BCUT2D eigenvalue weighted by Crippen LogP contribution is -2.38. The number of ether oxygens (including phenoxy) is 1. The number of para-hydroxylation sites is 1. The van der Waals surface area contributed by atoms with Crippen LogP contribution in [0.3, 0.4) is 0 Å². The van der Waals surface area contributed by atoms with Crippen molar-refractivity contribution in [2.45, 2.75) is 6.54 Å². The van der Waals surface area contributed by atoms with Gasteiger partial charge in [0.2, 0.25) is 0 Å². The lowest BCUT2D eigenvalue weighted by atomic mass is 10.2. The van der Waals surface area contributed by atoms with Crippen molar-refractivity contribution in [3.8, 4) is 17.1 Å². The number of nitrogens with one attached hydrogen (secondary N) is 2. The van der Waals surface area contributed by atoms with E-state index in [1.165, 1.54) is 0 Å². The summed E-state index contributed by atoms with van der Waals surface area (Å²) in [5.74, 6) is 2.29. The predicted octanol–water partition coefficient (Wildman–Crippen LogP) is 3.70. The molecule has 0 radical (unpaired) electrons. The number of nitrogens with zero attached hydrogens (tertiary/aromatic N) is 2. The fourth-order valence-corrected chi connectivity index (χ4v) is 2.38. The van der Waals surface area contributed by atoms with Crippen LogP contribution in [0.15, 0.2) is 76.2 Å². The normalized spacial score (nSPS) is 10.8. The van der Waals surface area contributed by atoms with Crippen molar-refractivity contribution >= 4 is 29.9 Å². The number of guanidine groups is 1. The van der Waals surface area contributed by atoms with Gasteiger partial charge in [0, 0.05) is 18.7 Å². The van der Waals surface area contributed by atoms with Gasteiger partial charge in [-0.25, -0.2) is 0 Å². The first-order valence-corrected chi connectivity index (χ1v) is 8.48. The molecule has 3 aromatic rings. The molecule has 0 unspecified atom stereocenters. The third kappa shape index (κ3) is 6.59. The molecule has 0 aliphatic heterocycles. The van der Waals surface area contributed by atoms with Crippen LogP contribution in [0.2, 0.25) is 0 Å². The number of rotatable bonds is 7. The zero-order valence-electron chi connectivity index (χ0n) is 15.1. The van der Waals surface area contributed by atoms with E-state index in [-0.39, 0.29) is 24.0 Å². The van der Waals surface area contributed by atoms with E-state index in [0.29, 0.717) is 25.7 Å². The van der Waals surface area contributed by atoms with E-state index < -0.39 is 0 Å². The molecule has 6 nitrogen and oxygen atoms in total. The Labute approximate surface area is 176 Å². The second kappa shape index (κ2) is 11.2. The van der Waals surface area contributed by atoms with Gasteiger partial charge >= 0.3 is 0 Å². The van der Waals surface area contributed by atoms with Crippen LogP contribution in [0.25, 0.3) is 11.3 Å². The standard InChI is InChI=1S/C20H22N4O2.HI/c1-21-20(22-12-13-25-18-10-6-3-7-11-18)23-15-17-14-19(26-24-17)16-8-4-2-5-9-16;/h2-11,14H,12-13,15H2,1H3,(H2,21,22,23);1H. The Morgan fingerprint density at radius 2 is 1.74 bits per heavy atom. The molecule has 27 heavy (non-hydrogen) atoms. The number of aromatic nitrogens is 1. The van der Waals surface area contributed by atoms with Crippen LogP contribution < -0.4 is 15.4 Å². The molecule has 0 amide bonds. The molecule has 1 aromatic heterocycles. The number of hydrogen-bond acceptors (Lipinski definition) is 4. The Balaban J connectivity index is 0.00000261. The molecule has 0 aliphatic rings. The second-order valence-electron chi connectivity index (χ2n) is 5.56. The van der Waals surface area contributed by atoms with Crippen molar-refractivity contribution in [2.75, 3.05) is 20.2 Å². The fourth-order valence-electron chi connectivity index (χ4n) is 2.38. The Kier molecular flexibility index (Phi) is 8.63. The van der Waals surface area contributed by atoms with Gasteiger partial charge in [0.1, 0.15) is 18.1 Å². The van der Waals surface area contributed by atoms with Gasteiger partial charge in [-0.05, 0) is 12.1 Å². The molecule has 2 aromatic carbocycles. The van der Waals surface area contributed by atoms with Gasteiger partial charge in [0.05, 0.1) is 13.1 Å². The summed E-state index contributed by atoms with van der Waals surface area (Å²) in [4.78, 5) is 4.19. The van der Waals surface area contributed by atoms with Gasteiger partial charge < -0.3 is 19.9 Å². The molecular formula is C20H23IN4O2. The first kappa shape index (κ1) is 20.8. The summed E-state index contributed by atoms with van der Waals surface area (Å²) in [5, 5.41) is 10.5. The van der Waals surface area contributed by atoms with Crippen LogP contribution >= 0.6 is 24.0 Å². The molecule has 1 heterocycles. The molecule has 0 saturated heterocycles. The third-order valence-electron chi connectivity index (χ3n) is 3.68. The average molecular weight is 478 g/mol. The SMILES string of the molecule is CN=C(NCCOc1ccccc1)NCc1cc(-c2ccccc2)on1.I. The molecular weight excluding hydrogens is 455 g/mol. The second-order valence-corrected chi connectivity index (χ2v) is 5.56. The van der Waals surface area contributed by atoms with Crippen LogP contribution in [0.4, 0.5) is 0 Å². The zero-order chi connectivity index (χ0) is 18.0. The molecule has 0 bridgehead atoms. The van der Waals surface area contributed by atoms with Crippen LogP contribution in [0.5, 0.6) is 5.75 Å². The van der Waals surface area contributed by atoms with Crippen molar-refractivity contribution in [3.63, 3.8) is 0 Å². The Hall–Kier alpha value is -2.55. The zero-order valence-corrected chi connectivity index (χ0v) is 17.4. The highest BCUT2D eigenvalue weighted by atomic mass is 127. The van der Waals surface area contributed by atoms with Crippen LogP contribution in [-0.2, 0) is 6.54 Å². The topological polar surface area (TPSA) is 71.7 Å². The maximum atomic E-state index is 5.64. The summed E-state index contributed by atoms with van der Waals surface area (Å²) in [6, 6.07) is 21.5. The number of benzene rings is 2. The van der Waals surface area contributed by atoms with Crippen LogP contribution in [0, 0.1) is 0 Å². The van der Waals surface area contributed by atoms with E-state index in [2.05, 4.69) is 20.8 Å². The third-order valence-corrected chi connectivity index (χ3v) is 3.68. The van der Waals surface area contributed by atoms with Crippen molar-refractivity contribution < 1.29 is 9.26 Å². The summed E-state index contributed by atoms with van der Waals surface area (Å²) in [6.45, 7) is 1.71. The minimum Gasteiger partial charge on any atom is -0.492 e. The molecule has 2 N–H and O–H groups in total. The number of aliphatic imine (C=N–C) groups is 1. The van der Waals surface area contributed by atoms with E-state index in [4.69, 9.17) is 9.26 Å². The maximum Gasteiger partial charge on any atom is 0.191 e. The maximum absolute atomic E-state index is 5.64. The summed E-state index contributed by atoms with van der Waals surface area (Å²) in [6.07, 6.45) is 0. The Morgan fingerprint density at radius 3 is 2.44 bits per heavy atom. The molecule has 0 fully saturated rings. The summed E-state index contributed by atoms with van der Waals surface area (Å²) >= 11 is 0. The fraction of sp³-hybridized carbons (Fsp3) is 0.200. The molecule has 142 valence electrons. The van der Waals surface area contributed by atoms with E-state index in [1.54, 1.807) is 7.05 Å². The smallest absolute Gasteiger partial charge is 0.191 e. The monoisotopic (exact) mass is 478 g/mol. The summed E-state index contributed by atoms with van der Waals surface area (Å²) < 4.78 is 11.0. The molecule has 0 saturated carbocycles. The number of hydrogen-bond donors (Lipinski definition) is 2. The minimum absolute atomic E-state index is 0. The van der Waals surface area contributed by atoms with Crippen LogP contribution in [-0.4, -0.2) is 31.3 Å². The van der Waals surface area contributed by atoms with Gasteiger partial charge in [-0.2, -0.15) is 0 Å². The minimum atomic E-state index is 0. The first-order chi connectivity index (χ1) is 12.8. The van der Waals surface area contributed by atoms with Gasteiger partial charge in [0.25, 0.3) is 0 Å². The van der Waals surface area contributed by atoms with Crippen LogP contribution in [0.1, 0.15) is 5.69 Å². The largest absolute Gasteiger partial charge is 0.492 e. The quantitative estimate of drug-likeness (QED) is 0.235. The predicted molar refractivity (Wildman–Crippen MR) is 117 cm³/mol. The Bertz CT molecular complexity index is 822. The van der Waals surface area contributed by atoms with E-state index in [9.17, 15) is 0 Å². The van der Waals surface area contributed by atoms with E-state index in [0.717, 1.165) is 22.8 Å². The van der Waals surface area contributed by atoms with Gasteiger partial charge in [-0.3, -0.25) is 4.99 Å². The van der Waals surface area contributed by atoms with E-state index in [1.807, 2.05) is 66.7 Å². The molecule has 7 heteroatoms. The van der Waals surface area contributed by atoms with Crippen molar-refractivity contribution in [1.29, 1.82) is 0 Å². The molecule has 0 aliphatic carbocycles. The average Bonchev–Trinajstić information content (AvgIpc) is 3.18. The lowest BCUT2D eigenvalue weighted by Gasteiger charge is -2.11. The van der Waals surface area contributed by atoms with E-state index >= 15 is 0 Å². The van der Waals surface area contributed by atoms with Crippen molar-refractivity contribution in [2.24, 2.45) is 4.99 Å².